The van der Waals surface area contributed by atoms with Gasteiger partial charge in [0, 0.05) is 19.4 Å². The van der Waals surface area contributed by atoms with Crippen LogP contribution < -0.4 is 10.6 Å². The van der Waals surface area contributed by atoms with Crippen LogP contribution >= 0.6 is 12.4 Å². The molecule has 1 atom stereocenters. The summed E-state index contributed by atoms with van der Waals surface area (Å²) >= 11 is 0. The van der Waals surface area contributed by atoms with E-state index in [0.717, 1.165) is 38.2 Å². The van der Waals surface area contributed by atoms with Gasteiger partial charge in [0.1, 0.15) is 0 Å². The Bertz CT molecular complexity index is 580. The van der Waals surface area contributed by atoms with Crippen molar-refractivity contribution in [3.8, 4) is 0 Å². The average molecular weight is 370 g/mol. The number of amides is 1. The number of aryl methyl sites for hydroxylation is 1. The number of hydrogen-bond donors (Lipinski definition) is 2. The third-order valence-electron chi connectivity index (χ3n) is 5.90. The number of aromatic nitrogens is 3. The molecule has 1 unspecified atom stereocenters. The van der Waals surface area contributed by atoms with Crippen molar-refractivity contribution in [2.45, 2.75) is 64.7 Å². The van der Waals surface area contributed by atoms with Crippen LogP contribution in [0, 0.1) is 11.3 Å². The second-order valence-corrected chi connectivity index (χ2v) is 8.13. The standard InChI is InChI=1S/C18H31N5O.ClH/c1-18(2)9-5-4-6-14(18)12-15(24)20-17-21-16(22-23(17)3)13-7-10-19-11-8-13;/h13-14,19H,4-12H2,1-3H3,(H,20,21,22,24);1H. The predicted octanol–water partition coefficient (Wildman–Crippen LogP) is 3.25. The normalized spacial score (nSPS) is 23.7. The molecule has 6 nitrogen and oxygen atoms in total. The van der Waals surface area contributed by atoms with Crippen molar-refractivity contribution >= 4 is 24.3 Å². The van der Waals surface area contributed by atoms with Crippen LogP contribution in [0.3, 0.4) is 0 Å². The van der Waals surface area contributed by atoms with Crippen LogP contribution in [0.2, 0.25) is 0 Å². The van der Waals surface area contributed by atoms with Crippen molar-refractivity contribution in [3.63, 3.8) is 0 Å². The van der Waals surface area contributed by atoms with E-state index in [1.165, 1.54) is 19.3 Å². The van der Waals surface area contributed by atoms with Crippen LogP contribution in [-0.2, 0) is 11.8 Å². The zero-order valence-electron chi connectivity index (χ0n) is 15.7. The summed E-state index contributed by atoms with van der Waals surface area (Å²) in [6.07, 6.45) is 7.61. The summed E-state index contributed by atoms with van der Waals surface area (Å²) in [6, 6.07) is 0. The highest BCUT2D eigenvalue weighted by molar-refractivity contribution is 5.89. The van der Waals surface area contributed by atoms with E-state index in [0.29, 0.717) is 24.2 Å². The SMILES string of the molecule is Cl.Cn1nc(C2CCNCC2)nc1NC(=O)CC1CCCCC1(C)C. The van der Waals surface area contributed by atoms with Gasteiger partial charge in [0.25, 0.3) is 0 Å². The largest absolute Gasteiger partial charge is 0.317 e. The first kappa shape index (κ1) is 20.2. The molecule has 2 fully saturated rings. The average Bonchev–Trinajstić information content (AvgIpc) is 2.91. The van der Waals surface area contributed by atoms with Gasteiger partial charge < -0.3 is 5.32 Å². The molecule has 0 radical (unpaired) electrons. The number of anilines is 1. The lowest BCUT2D eigenvalue weighted by Crippen LogP contribution is -2.31. The molecular weight excluding hydrogens is 338 g/mol. The van der Waals surface area contributed by atoms with E-state index in [1.54, 1.807) is 4.68 Å². The Morgan fingerprint density at radius 2 is 2.00 bits per heavy atom. The highest BCUT2D eigenvalue weighted by Gasteiger charge is 2.33. The molecule has 7 heteroatoms. The van der Waals surface area contributed by atoms with E-state index >= 15 is 0 Å². The number of piperidine rings is 1. The van der Waals surface area contributed by atoms with Crippen molar-refractivity contribution < 1.29 is 4.79 Å². The van der Waals surface area contributed by atoms with Crippen LogP contribution in [-0.4, -0.2) is 33.8 Å². The van der Waals surface area contributed by atoms with Gasteiger partial charge in [-0.1, -0.05) is 26.7 Å². The smallest absolute Gasteiger partial charge is 0.227 e. The van der Waals surface area contributed by atoms with Crippen LogP contribution in [0.1, 0.15) is 70.5 Å². The Balaban J connectivity index is 0.00000225. The first-order chi connectivity index (χ1) is 11.5. The van der Waals surface area contributed by atoms with Crippen molar-refractivity contribution in [3.05, 3.63) is 5.82 Å². The predicted molar refractivity (Wildman–Crippen MR) is 102 cm³/mol. The molecule has 1 saturated heterocycles. The van der Waals surface area contributed by atoms with E-state index in [4.69, 9.17) is 0 Å². The number of halogens is 1. The highest BCUT2D eigenvalue weighted by Crippen LogP contribution is 2.42. The molecule has 1 aromatic heterocycles. The third kappa shape index (κ3) is 4.94. The van der Waals surface area contributed by atoms with Gasteiger partial charge >= 0.3 is 0 Å². The van der Waals surface area contributed by atoms with Crippen molar-refractivity contribution in [1.29, 1.82) is 0 Å². The maximum atomic E-state index is 12.5. The molecule has 0 aromatic carbocycles. The van der Waals surface area contributed by atoms with Crippen LogP contribution in [0.4, 0.5) is 5.95 Å². The molecule has 1 saturated carbocycles. The van der Waals surface area contributed by atoms with Crippen LogP contribution in [0.25, 0.3) is 0 Å². The maximum absolute atomic E-state index is 12.5. The molecule has 1 aromatic rings. The maximum Gasteiger partial charge on any atom is 0.227 e. The van der Waals surface area contributed by atoms with Gasteiger partial charge in [-0.2, -0.15) is 10.1 Å². The molecule has 1 aliphatic heterocycles. The zero-order chi connectivity index (χ0) is 17.2. The lowest BCUT2D eigenvalue weighted by Gasteiger charge is -2.38. The fraction of sp³-hybridized carbons (Fsp3) is 0.833. The minimum Gasteiger partial charge on any atom is -0.317 e. The summed E-state index contributed by atoms with van der Waals surface area (Å²) in [5.41, 5.74) is 0.260. The number of rotatable bonds is 4. The summed E-state index contributed by atoms with van der Waals surface area (Å²) in [5, 5.41) is 10.9. The van der Waals surface area contributed by atoms with Crippen molar-refractivity contribution in [2.24, 2.45) is 18.4 Å². The van der Waals surface area contributed by atoms with Crippen molar-refractivity contribution in [2.75, 3.05) is 18.4 Å². The Morgan fingerprint density at radius 1 is 1.28 bits per heavy atom. The van der Waals surface area contributed by atoms with E-state index in [-0.39, 0.29) is 23.7 Å². The van der Waals surface area contributed by atoms with E-state index in [1.807, 2.05) is 7.05 Å². The van der Waals surface area contributed by atoms with Gasteiger partial charge in [-0.05, 0) is 50.1 Å². The van der Waals surface area contributed by atoms with Gasteiger partial charge in [-0.15, -0.1) is 12.4 Å². The van der Waals surface area contributed by atoms with Gasteiger partial charge in [0.15, 0.2) is 5.82 Å². The van der Waals surface area contributed by atoms with Gasteiger partial charge in [0.2, 0.25) is 11.9 Å². The van der Waals surface area contributed by atoms with Gasteiger partial charge in [0.05, 0.1) is 0 Å². The quantitative estimate of drug-likeness (QED) is 0.854. The van der Waals surface area contributed by atoms with E-state index < -0.39 is 0 Å². The molecule has 0 spiro atoms. The second-order valence-electron chi connectivity index (χ2n) is 8.13. The van der Waals surface area contributed by atoms with Crippen molar-refractivity contribution in [1.82, 2.24) is 20.1 Å². The van der Waals surface area contributed by atoms with Gasteiger partial charge in [-0.3, -0.25) is 10.1 Å². The van der Waals surface area contributed by atoms with Crippen LogP contribution in [0.5, 0.6) is 0 Å². The molecule has 2 N–H and O–H groups in total. The molecule has 1 amide bonds. The molecule has 1 aliphatic carbocycles. The Hall–Kier alpha value is -1.14. The fourth-order valence-electron chi connectivity index (χ4n) is 4.11. The summed E-state index contributed by atoms with van der Waals surface area (Å²) in [5.74, 6) is 2.39. The molecular formula is C18H32ClN5O. The molecule has 0 bridgehead atoms. The molecule has 2 heterocycles. The third-order valence-corrected chi connectivity index (χ3v) is 5.90. The molecule has 2 aliphatic rings. The highest BCUT2D eigenvalue weighted by atomic mass is 35.5. The summed E-state index contributed by atoms with van der Waals surface area (Å²) in [6.45, 7) is 6.62. The number of nitrogens with zero attached hydrogens (tertiary/aromatic N) is 3. The summed E-state index contributed by atoms with van der Waals surface area (Å²) < 4.78 is 1.71. The molecule has 142 valence electrons. The summed E-state index contributed by atoms with van der Waals surface area (Å²) in [4.78, 5) is 17.1. The minimum absolute atomic E-state index is 0. The first-order valence-corrected chi connectivity index (χ1v) is 9.37. The summed E-state index contributed by atoms with van der Waals surface area (Å²) in [7, 11) is 1.86. The fourth-order valence-corrected chi connectivity index (χ4v) is 4.11. The monoisotopic (exact) mass is 369 g/mol. The van der Waals surface area contributed by atoms with Crippen LogP contribution in [0.15, 0.2) is 0 Å². The van der Waals surface area contributed by atoms with Gasteiger partial charge in [-0.25, -0.2) is 4.68 Å². The number of carbonyl (C=O) groups excluding carboxylic acids is 1. The number of carbonyl (C=O) groups is 1. The molecule has 3 rings (SSSR count). The minimum atomic E-state index is 0. The molecule has 25 heavy (non-hydrogen) atoms. The van der Waals surface area contributed by atoms with E-state index in [9.17, 15) is 4.79 Å². The second kappa shape index (κ2) is 8.49. The van der Waals surface area contributed by atoms with E-state index in [2.05, 4.69) is 34.6 Å². The lowest BCUT2D eigenvalue weighted by molar-refractivity contribution is -0.118. The first-order valence-electron chi connectivity index (χ1n) is 9.37. The topological polar surface area (TPSA) is 71.8 Å². The number of hydrogen-bond acceptors (Lipinski definition) is 4. The Morgan fingerprint density at radius 3 is 2.68 bits per heavy atom. The Labute approximate surface area is 157 Å². The zero-order valence-corrected chi connectivity index (χ0v) is 16.5. The number of nitrogens with one attached hydrogen (secondary N) is 2. The lowest BCUT2D eigenvalue weighted by atomic mass is 9.67. The Kier molecular flexibility index (Phi) is 6.86.